The van der Waals surface area contributed by atoms with Gasteiger partial charge in [-0.25, -0.2) is 4.79 Å². The summed E-state index contributed by atoms with van der Waals surface area (Å²) >= 11 is 0. The van der Waals surface area contributed by atoms with Gasteiger partial charge in [0.2, 0.25) is 11.8 Å². The smallest absolute Gasteiger partial charge is 0.328 e. The third-order valence-corrected chi connectivity index (χ3v) is 3.37. The molecule has 0 saturated carbocycles. The first-order valence-electron chi connectivity index (χ1n) is 7.85. The van der Waals surface area contributed by atoms with E-state index in [0.29, 0.717) is 24.6 Å². The molecule has 23 heavy (non-hydrogen) atoms. The summed E-state index contributed by atoms with van der Waals surface area (Å²) in [6.45, 7) is 9.73. The minimum Gasteiger partial charge on any atom is -0.467 e. The highest BCUT2D eigenvalue weighted by Crippen LogP contribution is 2.18. The molecule has 1 aromatic rings. The molecule has 0 saturated heterocycles. The van der Waals surface area contributed by atoms with Crippen molar-refractivity contribution in [3.63, 3.8) is 0 Å². The van der Waals surface area contributed by atoms with Gasteiger partial charge in [0.1, 0.15) is 6.04 Å². The molecular formula is C16H27N3O4. The number of nitrogens with zero attached hydrogens (tertiary/aromatic N) is 2. The SMILES string of the molecule is COC(=O)C(NC(=O)CCCc1nc(C(C)(C)C)no1)C(C)C. The molecule has 1 rings (SSSR count). The predicted octanol–water partition coefficient (Wildman–Crippen LogP) is 2.00. The highest BCUT2D eigenvalue weighted by Gasteiger charge is 2.25. The molecule has 0 radical (unpaired) electrons. The van der Waals surface area contributed by atoms with Gasteiger partial charge in [0.25, 0.3) is 0 Å². The third kappa shape index (κ3) is 6.00. The summed E-state index contributed by atoms with van der Waals surface area (Å²) in [4.78, 5) is 27.9. The van der Waals surface area contributed by atoms with Gasteiger partial charge >= 0.3 is 5.97 Å². The van der Waals surface area contributed by atoms with Crippen LogP contribution in [-0.4, -0.2) is 35.2 Å². The Balaban J connectivity index is 2.44. The number of hydrogen-bond donors (Lipinski definition) is 1. The second kappa shape index (κ2) is 8.08. The van der Waals surface area contributed by atoms with E-state index >= 15 is 0 Å². The van der Waals surface area contributed by atoms with Crippen LogP contribution in [0.5, 0.6) is 0 Å². The van der Waals surface area contributed by atoms with Gasteiger partial charge in [-0.3, -0.25) is 4.79 Å². The lowest BCUT2D eigenvalue weighted by atomic mass is 9.96. The Morgan fingerprint density at radius 1 is 1.30 bits per heavy atom. The Morgan fingerprint density at radius 2 is 1.96 bits per heavy atom. The first-order valence-corrected chi connectivity index (χ1v) is 7.85. The lowest BCUT2D eigenvalue weighted by Gasteiger charge is -2.19. The average molecular weight is 325 g/mol. The van der Waals surface area contributed by atoms with Crippen LogP contribution in [0, 0.1) is 5.92 Å². The standard InChI is InChI=1S/C16H27N3O4/c1-10(2)13(14(21)22-6)17-11(20)8-7-9-12-18-15(19-23-12)16(3,4)5/h10,13H,7-9H2,1-6H3,(H,17,20). The lowest BCUT2D eigenvalue weighted by molar-refractivity contribution is -0.146. The Morgan fingerprint density at radius 3 is 2.43 bits per heavy atom. The first-order chi connectivity index (χ1) is 10.6. The normalized spacial score (nSPS) is 13.0. The zero-order valence-corrected chi connectivity index (χ0v) is 14.8. The van der Waals surface area contributed by atoms with Crippen molar-refractivity contribution in [3.8, 4) is 0 Å². The summed E-state index contributed by atoms with van der Waals surface area (Å²) in [6.07, 6.45) is 1.39. The summed E-state index contributed by atoms with van der Waals surface area (Å²) in [5.74, 6) is 0.528. The van der Waals surface area contributed by atoms with E-state index in [-0.39, 0.29) is 23.7 Å². The van der Waals surface area contributed by atoms with Crippen molar-refractivity contribution in [2.75, 3.05) is 7.11 Å². The van der Waals surface area contributed by atoms with E-state index in [0.717, 1.165) is 0 Å². The van der Waals surface area contributed by atoms with E-state index in [1.54, 1.807) is 0 Å². The molecule has 0 aromatic carbocycles. The topological polar surface area (TPSA) is 94.3 Å². The number of nitrogens with one attached hydrogen (secondary N) is 1. The van der Waals surface area contributed by atoms with E-state index in [9.17, 15) is 9.59 Å². The largest absolute Gasteiger partial charge is 0.467 e. The fourth-order valence-electron chi connectivity index (χ4n) is 1.93. The number of methoxy groups -OCH3 is 1. The first kappa shape index (κ1) is 19.1. The van der Waals surface area contributed by atoms with Crippen molar-refractivity contribution < 1.29 is 18.8 Å². The molecule has 1 amide bonds. The lowest BCUT2D eigenvalue weighted by Crippen LogP contribution is -2.44. The van der Waals surface area contributed by atoms with Gasteiger partial charge in [-0.2, -0.15) is 4.98 Å². The molecule has 0 spiro atoms. The van der Waals surface area contributed by atoms with E-state index < -0.39 is 12.0 Å². The molecule has 0 bridgehead atoms. The monoisotopic (exact) mass is 325 g/mol. The quantitative estimate of drug-likeness (QED) is 0.771. The van der Waals surface area contributed by atoms with Crippen LogP contribution in [-0.2, 0) is 26.2 Å². The Labute approximate surface area is 137 Å². The van der Waals surface area contributed by atoms with E-state index in [1.165, 1.54) is 7.11 Å². The molecule has 1 aromatic heterocycles. The van der Waals surface area contributed by atoms with E-state index in [1.807, 2.05) is 34.6 Å². The van der Waals surface area contributed by atoms with Gasteiger partial charge in [0.05, 0.1) is 7.11 Å². The molecule has 1 heterocycles. The maximum absolute atomic E-state index is 11.9. The van der Waals surface area contributed by atoms with Gasteiger partial charge < -0.3 is 14.6 Å². The van der Waals surface area contributed by atoms with Crippen molar-refractivity contribution >= 4 is 11.9 Å². The molecule has 0 aliphatic heterocycles. The van der Waals surface area contributed by atoms with Gasteiger partial charge in [-0.1, -0.05) is 39.8 Å². The number of aromatic nitrogens is 2. The Kier molecular flexibility index (Phi) is 6.72. The zero-order chi connectivity index (χ0) is 17.6. The molecule has 0 aliphatic rings. The van der Waals surface area contributed by atoms with Crippen LogP contribution < -0.4 is 5.32 Å². The highest BCUT2D eigenvalue weighted by atomic mass is 16.5. The summed E-state index contributed by atoms with van der Waals surface area (Å²) in [5, 5.41) is 6.65. The molecule has 0 fully saturated rings. The number of rotatable bonds is 7. The average Bonchev–Trinajstić information content (AvgIpc) is 2.92. The van der Waals surface area contributed by atoms with Crippen molar-refractivity contribution in [1.82, 2.24) is 15.5 Å². The summed E-state index contributed by atoms with van der Waals surface area (Å²) in [6, 6.07) is -0.622. The molecule has 7 nitrogen and oxygen atoms in total. The predicted molar refractivity (Wildman–Crippen MR) is 84.7 cm³/mol. The van der Waals surface area contributed by atoms with Gasteiger partial charge in [-0.15, -0.1) is 0 Å². The molecule has 1 atom stereocenters. The van der Waals surface area contributed by atoms with E-state index in [2.05, 4.69) is 15.5 Å². The Bertz CT molecular complexity index is 532. The molecule has 1 unspecified atom stereocenters. The van der Waals surface area contributed by atoms with Crippen LogP contribution in [0.15, 0.2) is 4.52 Å². The number of hydrogen-bond acceptors (Lipinski definition) is 6. The number of esters is 1. The molecule has 1 N–H and O–H groups in total. The number of ether oxygens (including phenoxy) is 1. The molecule has 0 aliphatic carbocycles. The number of carbonyl (C=O) groups excluding carboxylic acids is 2. The highest BCUT2D eigenvalue weighted by molar-refractivity contribution is 5.84. The second-order valence-corrected chi connectivity index (χ2v) is 6.93. The molecule has 7 heteroatoms. The molecule has 130 valence electrons. The Hall–Kier alpha value is -1.92. The van der Waals surface area contributed by atoms with Gasteiger partial charge in [0, 0.05) is 18.3 Å². The fraction of sp³-hybridized carbons (Fsp3) is 0.750. The van der Waals surface area contributed by atoms with E-state index in [4.69, 9.17) is 9.26 Å². The summed E-state index contributed by atoms with van der Waals surface area (Å²) in [5.41, 5.74) is -0.163. The van der Waals surface area contributed by atoms with Crippen LogP contribution in [0.25, 0.3) is 0 Å². The van der Waals surface area contributed by atoms with Crippen LogP contribution in [0.1, 0.15) is 59.2 Å². The summed E-state index contributed by atoms with van der Waals surface area (Å²) < 4.78 is 9.88. The van der Waals surface area contributed by atoms with Gasteiger partial charge in [0.15, 0.2) is 5.82 Å². The zero-order valence-electron chi connectivity index (χ0n) is 14.8. The van der Waals surface area contributed by atoms with Crippen molar-refractivity contribution in [1.29, 1.82) is 0 Å². The fourth-order valence-corrected chi connectivity index (χ4v) is 1.93. The minimum absolute atomic E-state index is 0.0308. The number of amides is 1. The second-order valence-electron chi connectivity index (χ2n) is 6.93. The third-order valence-electron chi connectivity index (χ3n) is 3.37. The minimum atomic E-state index is -0.622. The molecular weight excluding hydrogens is 298 g/mol. The maximum Gasteiger partial charge on any atom is 0.328 e. The van der Waals surface area contributed by atoms with Crippen molar-refractivity contribution in [2.24, 2.45) is 5.92 Å². The van der Waals surface area contributed by atoms with Crippen LogP contribution in [0.4, 0.5) is 0 Å². The number of aryl methyl sites for hydroxylation is 1. The van der Waals surface area contributed by atoms with Crippen LogP contribution >= 0.6 is 0 Å². The maximum atomic E-state index is 11.9. The van der Waals surface area contributed by atoms with Gasteiger partial charge in [-0.05, 0) is 12.3 Å². The van der Waals surface area contributed by atoms with Crippen molar-refractivity contribution in [3.05, 3.63) is 11.7 Å². The van der Waals surface area contributed by atoms with Crippen molar-refractivity contribution in [2.45, 2.75) is 65.3 Å². The summed E-state index contributed by atoms with van der Waals surface area (Å²) in [7, 11) is 1.31. The van der Waals surface area contributed by atoms with Crippen LogP contribution in [0.2, 0.25) is 0 Å². The number of carbonyl (C=O) groups is 2. The van der Waals surface area contributed by atoms with Crippen LogP contribution in [0.3, 0.4) is 0 Å².